The van der Waals surface area contributed by atoms with Crippen molar-refractivity contribution in [1.82, 2.24) is 9.21 Å². The van der Waals surface area contributed by atoms with E-state index in [1.165, 1.54) is 22.5 Å². The summed E-state index contributed by atoms with van der Waals surface area (Å²) in [6, 6.07) is 11.3. The van der Waals surface area contributed by atoms with Crippen LogP contribution in [0.1, 0.15) is 5.56 Å². The maximum Gasteiger partial charge on any atom is 0.243 e. The number of hydrogen-bond donors (Lipinski definition) is 0. The van der Waals surface area contributed by atoms with Gasteiger partial charge in [0.05, 0.1) is 4.90 Å². The molecule has 0 spiro atoms. The van der Waals surface area contributed by atoms with Crippen molar-refractivity contribution in [3.63, 3.8) is 0 Å². The molecular weight excluding hydrogens is 359 g/mol. The second-order valence-electron chi connectivity index (χ2n) is 6.29. The van der Waals surface area contributed by atoms with Gasteiger partial charge in [-0.05, 0) is 18.2 Å². The van der Waals surface area contributed by atoms with E-state index in [0.717, 1.165) is 0 Å². The van der Waals surface area contributed by atoms with E-state index in [-0.39, 0.29) is 17.5 Å². The van der Waals surface area contributed by atoms with Crippen molar-refractivity contribution in [3.05, 3.63) is 53.8 Å². The van der Waals surface area contributed by atoms with Crippen LogP contribution in [0, 0.1) is 5.82 Å². The summed E-state index contributed by atoms with van der Waals surface area (Å²) in [5, 5.41) is 0. The first-order valence-electron chi connectivity index (χ1n) is 8.39. The quantitative estimate of drug-likeness (QED) is 0.815. The van der Waals surface area contributed by atoms with Crippen molar-refractivity contribution in [3.8, 4) is 11.5 Å². The van der Waals surface area contributed by atoms with E-state index in [0.29, 0.717) is 49.8 Å². The van der Waals surface area contributed by atoms with Gasteiger partial charge < -0.3 is 9.47 Å². The van der Waals surface area contributed by atoms with Gasteiger partial charge in [-0.15, -0.1) is 0 Å². The number of sulfonamides is 1. The Bertz CT molecular complexity index is 911. The Kier molecular flexibility index (Phi) is 4.56. The van der Waals surface area contributed by atoms with Crippen LogP contribution in [0.25, 0.3) is 0 Å². The number of benzene rings is 2. The number of halogens is 1. The summed E-state index contributed by atoms with van der Waals surface area (Å²) in [5.41, 5.74) is 0.625. The Labute approximate surface area is 151 Å². The van der Waals surface area contributed by atoms with Crippen LogP contribution in [0.15, 0.2) is 47.4 Å². The smallest absolute Gasteiger partial charge is 0.243 e. The average Bonchev–Trinajstić information content (AvgIpc) is 3.12. The highest BCUT2D eigenvalue weighted by Gasteiger charge is 2.30. The molecular formula is C18H19FN2O4S. The molecule has 0 atom stereocenters. The molecule has 6 nitrogen and oxygen atoms in total. The second kappa shape index (κ2) is 6.86. The van der Waals surface area contributed by atoms with Crippen LogP contribution in [0.3, 0.4) is 0 Å². The van der Waals surface area contributed by atoms with Gasteiger partial charge in [0, 0.05) is 44.4 Å². The maximum absolute atomic E-state index is 13.8. The minimum Gasteiger partial charge on any atom is -0.454 e. The molecule has 1 saturated heterocycles. The number of ether oxygens (including phenoxy) is 2. The van der Waals surface area contributed by atoms with Crippen molar-refractivity contribution in [1.29, 1.82) is 0 Å². The molecule has 0 N–H and O–H groups in total. The van der Waals surface area contributed by atoms with Crippen LogP contribution in [0.4, 0.5) is 4.39 Å². The van der Waals surface area contributed by atoms with E-state index in [9.17, 15) is 12.8 Å². The lowest BCUT2D eigenvalue weighted by atomic mass is 10.2. The average molecular weight is 378 g/mol. The third-order valence-corrected chi connectivity index (χ3v) is 6.56. The Morgan fingerprint density at radius 2 is 1.69 bits per heavy atom. The lowest BCUT2D eigenvalue weighted by Crippen LogP contribution is -2.48. The Morgan fingerprint density at radius 3 is 2.46 bits per heavy atom. The van der Waals surface area contributed by atoms with Crippen molar-refractivity contribution < 1.29 is 22.3 Å². The predicted octanol–water partition coefficient (Wildman–Crippen LogP) is 2.06. The molecule has 0 saturated carbocycles. The molecule has 138 valence electrons. The van der Waals surface area contributed by atoms with E-state index < -0.39 is 10.0 Å². The van der Waals surface area contributed by atoms with E-state index in [1.54, 1.807) is 24.3 Å². The largest absolute Gasteiger partial charge is 0.454 e. The zero-order valence-electron chi connectivity index (χ0n) is 14.1. The van der Waals surface area contributed by atoms with Gasteiger partial charge in [-0.25, -0.2) is 12.8 Å². The zero-order chi connectivity index (χ0) is 18.1. The summed E-state index contributed by atoms with van der Waals surface area (Å²) in [6.45, 7) is 2.42. The number of nitrogens with zero attached hydrogens (tertiary/aromatic N) is 2. The normalized spacial score (nSPS) is 18.2. The fourth-order valence-electron chi connectivity index (χ4n) is 3.18. The fraction of sp³-hybridized carbons (Fsp3) is 0.333. The lowest BCUT2D eigenvalue weighted by molar-refractivity contribution is 0.173. The summed E-state index contributed by atoms with van der Waals surface area (Å²) >= 11 is 0. The van der Waals surface area contributed by atoms with Gasteiger partial charge in [-0.2, -0.15) is 4.31 Å². The highest BCUT2D eigenvalue weighted by molar-refractivity contribution is 7.89. The monoisotopic (exact) mass is 378 g/mol. The van der Waals surface area contributed by atoms with Gasteiger partial charge in [0.1, 0.15) is 5.82 Å². The number of piperazine rings is 1. The van der Waals surface area contributed by atoms with Crippen LogP contribution in [0.5, 0.6) is 11.5 Å². The summed E-state index contributed by atoms with van der Waals surface area (Å²) in [6.07, 6.45) is 0. The molecule has 0 bridgehead atoms. The van der Waals surface area contributed by atoms with Crippen molar-refractivity contribution in [2.75, 3.05) is 33.0 Å². The third kappa shape index (κ3) is 3.27. The summed E-state index contributed by atoms with van der Waals surface area (Å²) in [5.74, 6) is 0.769. The molecule has 2 aromatic rings. The first-order chi connectivity index (χ1) is 12.5. The van der Waals surface area contributed by atoms with E-state index in [4.69, 9.17) is 9.47 Å². The molecule has 2 aromatic carbocycles. The topological polar surface area (TPSA) is 59.1 Å². The third-order valence-electron chi connectivity index (χ3n) is 4.66. The molecule has 4 rings (SSSR count). The molecule has 2 aliphatic rings. The summed E-state index contributed by atoms with van der Waals surface area (Å²) in [7, 11) is -3.59. The fourth-order valence-corrected chi connectivity index (χ4v) is 4.62. The molecule has 0 radical (unpaired) electrons. The lowest BCUT2D eigenvalue weighted by Gasteiger charge is -2.34. The van der Waals surface area contributed by atoms with Crippen LogP contribution in [-0.2, 0) is 16.6 Å². The molecule has 1 fully saturated rings. The first kappa shape index (κ1) is 17.3. The highest BCUT2D eigenvalue weighted by Crippen LogP contribution is 2.34. The molecule has 8 heteroatoms. The predicted molar refractivity (Wildman–Crippen MR) is 93.0 cm³/mol. The van der Waals surface area contributed by atoms with Gasteiger partial charge in [0.2, 0.25) is 16.8 Å². The standard InChI is InChI=1S/C18H19FN2O4S/c19-16-4-2-1-3-14(16)12-20-7-9-21(10-8-20)26(22,23)15-5-6-17-18(11-15)25-13-24-17/h1-6,11H,7-10,12-13H2. The van der Waals surface area contributed by atoms with Crippen LogP contribution < -0.4 is 9.47 Å². The second-order valence-corrected chi connectivity index (χ2v) is 8.22. The van der Waals surface area contributed by atoms with Gasteiger partial charge >= 0.3 is 0 Å². The number of hydrogen-bond acceptors (Lipinski definition) is 5. The maximum atomic E-state index is 13.8. The highest BCUT2D eigenvalue weighted by atomic mass is 32.2. The van der Waals surface area contributed by atoms with E-state index in [1.807, 2.05) is 0 Å². The zero-order valence-corrected chi connectivity index (χ0v) is 14.9. The molecule has 0 amide bonds. The van der Waals surface area contributed by atoms with Crippen LogP contribution in [-0.4, -0.2) is 50.6 Å². The minimum absolute atomic E-state index is 0.105. The Balaban J connectivity index is 1.43. The Morgan fingerprint density at radius 1 is 0.962 bits per heavy atom. The first-order valence-corrected chi connectivity index (χ1v) is 9.83. The van der Waals surface area contributed by atoms with Gasteiger partial charge in [0.15, 0.2) is 11.5 Å². The molecule has 0 aliphatic carbocycles. The summed E-state index contributed by atoms with van der Waals surface area (Å²) in [4.78, 5) is 2.26. The molecule has 2 aliphatic heterocycles. The molecule has 2 heterocycles. The van der Waals surface area contributed by atoms with Crippen LogP contribution in [0.2, 0.25) is 0 Å². The van der Waals surface area contributed by atoms with E-state index in [2.05, 4.69) is 4.90 Å². The van der Waals surface area contributed by atoms with Crippen LogP contribution >= 0.6 is 0 Å². The summed E-state index contributed by atoms with van der Waals surface area (Å²) < 4.78 is 51.5. The SMILES string of the molecule is O=S(=O)(c1ccc2c(c1)OCO2)N1CCN(Cc2ccccc2F)CC1. The van der Waals surface area contributed by atoms with Crippen molar-refractivity contribution in [2.24, 2.45) is 0 Å². The molecule has 0 aromatic heterocycles. The number of rotatable bonds is 4. The minimum atomic E-state index is -3.59. The van der Waals surface area contributed by atoms with Crippen molar-refractivity contribution in [2.45, 2.75) is 11.4 Å². The van der Waals surface area contributed by atoms with Gasteiger partial charge in [0.25, 0.3) is 0 Å². The van der Waals surface area contributed by atoms with E-state index >= 15 is 0 Å². The Hall–Kier alpha value is -2.16. The molecule has 0 unspecified atom stereocenters. The number of fused-ring (bicyclic) bond motifs is 1. The van der Waals surface area contributed by atoms with Gasteiger partial charge in [-0.1, -0.05) is 18.2 Å². The molecule has 26 heavy (non-hydrogen) atoms. The van der Waals surface area contributed by atoms with Crippen molar-refractivity contribution >= 4 is 10.0 Å². The van der Waals surface area contributed by atoms with Gasteiger partial charge in [-0.3, -0.25) is 4.90 Å².